The molecule has 1 unspecified atom stereocenters. The predicted octanol–water partition coefficient (Wildman–Crippen LogP) is 0.735. The number of carboxylic acid groups (broad SMARTS) is 1. The standard InChI is InChI=1S/C18H23N3O3/c1-5-20(13(4)18(23)24)15-9-7-14(8-10-15)11-16-12(3)19-21(6-2)17(16)22/h7-11,13,19H,3,5-6H2,1-2,4H3,(H,23,24). The molecule has 0 aliphatic heterocycles. The molecule has 0 spiro atoms. The second-order valence-electron chi connectivity index (χ2n) is 5.59. The lowest BCUT2D eigenvalue weighted by Crippen LogP contribution is -2.38. The summed E-state index contributed by atoms with van der Waals surface area (Å²) in [6.45, 7) is 10.5. The summed E-state index contributed by atoms with van der Waals surface area (Å²) in [6, 6.07) is 6.87. The third kappa shape index (κ3) is 3.42. The zero-order chi connectivity index (χ0) is 17.9. The zero-order valence-electron chi connectivity index (χ0n) is 14.2. The first kappa shape index (κ1) is 17.6. The summed E-state index contributed by atoms with van der Waals surface area (Å²) in [5.74, 6) is -0.860. The molecule has 1 heterocycles. The molecule has 0 saturated heterocycles. The molecular formula is C18H23N3O3. The molecule has 2 N–H and O–H groups in total. The number of anilines is 1. The molecule has 1 aromatic carbocycles. The van der Waals surface area contributed by atoms with Crippen molar-refractivity contribution in [1.82, 2.24) is 9.78 Å². The number of hydrogen-bond acceptors (Lipinski definition) is 3. The Kier molecular flexibility index (Phi) is 5.28. The topological polar surface area (TPSA) is 78.3 Å². The van der Waals surface area contributed by atoms with Crippen LogP contribution in [0.1, 0.15) is 26.3 Å². The van der Waals surface area contributed by atoms with Crippen molar-refractivity contribution in [3.8, 4) is 0 Å². The molecule has 0 aliphatic rings. The monoisotopic (exact) mass is 329 g/mol. The minimum atomic E-state index is -0.860. The highest BCUT2D eigenvalue weighted by Crippen LogP contribution is 2.18. The Labute approximate surface area is 140 Å². The lowest BCUT2D eigenvalue weighted by molar-refractivity contribution is -0.138. The minimum absolute atomic E-state index is 0.0961. The lowest BCUT2D eigenvalue weighted by atomic mass is 10.1. The van der Waals surface area contributed by atoms with Crippen LogP contribution >= 0.6 is 0 Å². The summed E-state index contributed by atoms with van der Waals surface area (Å²) in [4.78, 5) is 25.2. The highest BCUT2D eigenvalue weighted by molar-refractivity contribution is 5.77. The van der Waals surface area contributed by atoms with E-state index >= 15 is 0 Å². The number of benzene rings is 1. The van der Waals surface area contributed by atoms with Gasteiger partial charge in [-0.1, -0.05) is 18.7 Å². The fourth-order valence-electron chi connectivity index (χ4n) is 2.66. The van der Waals surface area contributed by atoms with Gasteiger partial charge in [-0.05, 0) is 44.5 Å². The van der Waals surface area contributed by atoms with E-state index in [2.05, 4.69) is 11.7 Å². The molecule has 0 fully saturated rings. The first-order valence-corrected chi connectivity index (χ1v) is 7.98. The van der Waals surface area contributed by atoms with Gasteiger partial charge in [0.25, 0.3) is 5.56 Å². The summed E-state index contributed by atoms with van der Waals surface area (Å²) < 4.78 is 1.51. The van der Waals surface area contributed by atoms with E-state index in [1.807, 2.05) is 38.1 Å². The van der Waals surface area contributed by atoms with E-state index in [9.17, 15) is 14.7 Å². The van der Waals surface area contributed by atoms with Crippen LogP contribution in [-0.2, 0) is 11.3 Å². The maximum absolute atomic E-state index is 12.2. The van der Waals surface area contributed by atoms with Crippen LogP contribution in [-0.4, -0.2) is 33.4 Å². The molecular weight excluding hydrogens is 306 g/mol. The number of likely N-dealkylation sites (N-methyl/N-ethyl adjacent to an activating group) is 1. The van der Waals surface area contributed by atoms with Crippen LogP contribution in [0.15, 0.2) is 29.1 Å². The van der Waals surface area contributed by atoms with Gasteiger partial charge in [0.2, 0.25) is 0 Å². The molecule has 1 atom stereocenters. The van der Waals surface area contributed by atoms with Crippen molar-refractivity contribution >= 4 is 24.3 Å². The molecule has 0 saturated carbocycles. The van der Waals surface area contributed by atoms with E-state index in [-0.39, 0.29) is 5.56 Å². The number of H-pyrrole nitrogens is 1. The smallest absolute Gasteiger partial charge is 0.326 e. The second-order valence-corrected chi connectivity index (χ2v) is 5.59. The molecule has 0 bridgehead atoms. The van der Waals surface area contributed by atoms with E-state index in [0.717, 1.165) is 11.3 Å². The molecule has 2 rings (SSSR count). The maximum Gasteiger partial charge on any atom is 0.326 e. The molecule has 2 aromatic rings. The molecule has 128 valence electrons. The highest BCUT2D eigenvalue weighted by Gasteiger charge is 2.19. The maximum atomic E-state index is 12.2. The summed E-state index contributed by atoms with van der Waals surface area (Å²) in [6.07, 6.45) is 1.79. The van der Waals surface area contributed by atoms with Gasteiger partial charge in [-0.15, -0.1) is 0 Å². The van der Waals surface area contributed by atoms with Crippen LogP contribution in [0, 0.1) is 0 Å². The fourth-order valence-corrected chi connectivity index (χ4v) is 2.66. The molecule has 6 nitrogen and oxygen atoms in total. The number of rotatable bonds is 6. The molecule has 0 amide bonds. The van der Waals surface area contributed by atoms with Gasteiger partial charge in [-0.2, -0.15) is 0 Å². The number of aromatic amines is 1. The summed E-state index contributed by atoms with van der Waals surface area (Å²) >= 11 is 0. The van der Waals surface area contributed by atoms with Gasteiger partial charge in [0.05, 0.1) is 10.6 Å². The van der Waals surface area contributed by atoms with Crippen molar-refractivity contribution in [3.63, 3.8) is 0 Å². The Morgan fingerprint density at radius 2 is 2.00 bits per heavy atom. The van der Waals surface area contributed by atoms with Crippen molar-refractivity contribution in [2.75, 3.05) is 11.4 Å². The van der Waals surface area contributed by atoms with Gasteiger partial charge in [-0.25, -0.2) is 4.79 Å². The van der Waals surface area contributed by atoms with Crippen molar-refractivity contribution in [3.05, 3.63) is 50.8 Å². The van der Waals surface area contributed by atoms with Gasteiger partial charge in [-0.3, -0.25) is 14.6 Å². The first-order valence-electron chi connectivity index (χ1n) is 7.98. The Balaban J connectivity index is 2.38. The average molecular weight is 329 g/mol. The molecule has 0 aliphatic carbocycles. The normalized spacial score (nSPS) is 13.0. The summed E-state index contributed by atoms with van der Waals surface area (Å²) in [5.41, 5.74) is 1.60. The summed E-state index contributed by atoms with van der Waals surface area (Å²) in [7, 11) is 0. The van der Waals surface area contributed by atoms with Gasteiger partial charge in [0.15, 0.2) is 0 Å². The summed E-state index contributed by atoms with van der Waals surface area (Å²) in [5, 5.41) is 13.2. The Bertz CT molecular complexity index is 878. The van der Waals surface area contributed by atoms with E-state index < -0.39 is 12.0 Å². The van der Waals surface area contributed by atoms with Crippen molar-refractivity contribution < 1.29 is 9.90 Å². The quantitative estimate of drug-likeness (QED) is 0.819. The number of aromatic nitrogens is 2. The van der Waals surface area contributed by atoms with Gasteiger partial charge < -0.3 is 10.0 Å². The number of carbonyl (C=O) groups is 1. The third-order valence-corrected chi connectivity index (χ3v) is 4.09. The minimum Gasteiger partial charge on any atom is -0.480 e. The zero-order valence-corrected chi connectivity index (χ0v) is 14.2. The first-order chi connectivity index (χ1) is 11.4. The van der Waals surface area contributed by atoms with E-state index in [4.69, 9.17) is 0 Å². The number of nitrogens with zero attached hydrogens (tertiary/aromatic N) is 2. The number of hydrogen-bond donors (Lipinski definition) is 2. The van der Waals surface area contributed by atoms with Gasteiger partial charge >= 0.3 is 5.97 Å². The van der Waals surface area contributed by atoms with E-state index in [1.54, 1.807) is 17.9 Å². The Morgan fingerprint density at radius 1 is 1.38 bits per heavy atom. The number of carboxylic acids is 1. The van der Waals surface area contributed by atoms with Gasteiger partial charge in [0.1, 0.15) is 6.04 Å². The molecule has 24 heavy (non-hydrogen) atoms. The SMILES string of the molecule is C=c1[nH]n(CC)c(=O)c1=Cc1ccc(N(CC)C(C)C(=O)O)cc1. The van der Waals surface area contributed by atoms with Crippen molar-refractivity contribution in [1.29, 1.82) is 0 Å². The van der Waals surface area contributed by atoms with Crippen LogP contribution in [0.25, 0.3) is 12.7 Å². The largest absolute Gasteiger partial charge is 0.480 e. The third-order valence-electron chi connectivity index (χ3n) is 4.09. The fraction of sp³-hybridized carbons (Fsp3) is 0.333. The Hall–Kier alpha value is -2.76. The van der Waals surface area contributed by atoms with Crippen LogP contribution in [0.2, 0.25) is 0 Å². The lowest BCUT2D eigenvalue weighted by Gasteiger charge is -2.27. The van der Waals surface area contributed by atoms with Crippen LogP contribution in [0.5, 0.6) is 0 Å². The highest BCUT2D eigenvalue weighted by atomic mass is 16.4. The van der Waals surface area contributed by atoms with Crippen molar-refractivity contribution in [2.24, 2.45) is 0 Å². The predicted molar refractivity (Wildman–Crippen MR) is 95.6 cm³/mol. The Morgan fingerprint density at radius 3 is 2.46 bits per heavy atom. The van der Waals surface area contributed by atoms with Crippen LogP contribution in [0.3, 0.4) is 0 Å². The average Bonchev–Trinajstić information content (AvgIpc) is 2.84. The number of aryl methyl sites for hydroxylation is 1. The van der Waals surface area contributed by atoms with Crippen molar-refractivity contribution in [2.45, 2.75) is 33.4 Å². The van der Waals surface area contributed by atoms with Crippen LogP contribution < -0.4 is 21.0 Å². The number of aliphatic carboxylic acids is 1. The van der Waals surface area contributed by atoms with E-state index in [0.29, 0.717) is 23.7 Å². The van der Waals surface area contributed by atoms with Crippen LogP contribution in [0.4, 0.5) is 5.69 Å². The van der Waals surface area contributed by atoms with E-state index in [1.165, 1.54) is 4.68 Å². The molecule has 1 aromatic heterocycles. The second kappa shape index (κ2) is 7.21. The van der Waals surface area contributed by atoms with Gasteiger partial charge in [0, 0.05) is 18.8 Å². The molecule has 6 heteroatoms. The molecule has 0 radical (unpaired) electrons. The number of nitrogens with one attached hydrogen (secondary N) is 1.